The Morgan fingerprint density at radius 3 is 2.33 bits per heavy atom. The zero-order valence-electron chi connectivity index (χ0n) is 12.6. The smallest absolute Gasteiger partial charge is 0.323 e. The lowest BCUT2D eigenvalue weighted by Gasteiger charge is -2.31. The molecule has 1 fully saturated rings. The second-order valence-electron chi connectivity index (χ2n) is 6.27. The van der Waals surface area contributed by atoms with Crippen LogP contribution in [0, 0.1) is 5.82 Å². The van der Waals surface area contributed by atoms with Gasteiger partial charge < -0.3 is 5.11 Å². The summed E-state index contributed by atoms with van der Waals surface area (Å²) in [6, 6.07) is 6.33. The van der Waals surface area contributed by atoms with Gasteiger partial charge in [0.15, 0.2) is 0 Å². The van der Waals surface area contributed by atoms with Crippen molar-refractivity contribution in [1.29, 1.82) is 0 Å². The molecule has 0 heterocycles. The molecule has 0 saturated heterocycles. The lowest BCUT2D eigenvalue weighted by molar-refractivity contribution is -0.144. The third kappa shape index (κ3) is 4.53. The van der Waals surface area contributed by atoms with Crippen molar-refractivity contribution in [3.63, 3.8) is 0 Å². The molecule has 1 aromatic rings. The number of carboxylic acid groups (broad SMARTS) is 1. The molecule has 0 radical (unpaired) electrons. The van der Waals surface area contributed by atoms with E-state index in [4.69, 9.17) is 0 Å². The summed E-state index contributed by atoms with van der Waals surface area (Å²) in [6.45, 7) is 1.73. The number of benzene rings is 1. The molecule has 1 aromatic carbocycles. The van der Waals surface area contributed by atoms with Gasteiger partial charge in [-0.2, -0.15) is 0 Å². The van der Waals surface area contributed by atoms with Gasteiger partial charge in [0.05, 0.1) is 0 Å². The number of carboxylic acids is 1. The van der Waals surface area contributed by atoms with E-state index in [0.717, 1.165) is 31.2 Å². The quantitative estimate of drug-likeness (QED) is 0.817. The van der Waals surface area contributed by atoms with E-state index in [9.17, 15) is 14.3 Å². The summed E-state index contributed by atoms with van der Waals surface area (Å²) in [5, 5.41) is 13.0. The van der Waals surface area contributed by atoms with Crippen molar-refractivity contribution < 1.29 is 14.3 Å². The normalized spacial score (nSPS) is 19.7. The molecular weight excluding hydrogens is 269 g/mol. The fourth-order valence-electron chi connectivity index (χ4n) is 3.07. The molecular formula is C17H24FNO2. The summed E-state index contributed by atoms with van der Waals surface area (Å²) in [4.78, 5) is 11.7. The van der Waals surface area contributed by atoms with E-state index in [1.165, 1.54) is 25.0 Å². The highest BCUT2D eigenvalue weighted by Gasteiger charge is 2.35. The first-order valence-corrected chi connectivity index (χ1v) is 7.75. The van der Waals surface area contributed by atoms with E-state index in [0.29, 0.717) is 6.42 Å². The summed E-state index contributed by atoms with van der Waals surface area (Å²) >= 11 is 0. The molecule has 1 unspecified atom stereocenters. The molecule has 0 amide bonds. The Hall–Kier alpha value is -1.42. The van der Waals surface area contributed by atoms with Gasteiger partial charge in [-0.15, -0.1) is 0 Å². The van der Waals surface area contributed by atoms with Crippen molar-refractivity contribution in [1.82, 2.24) is 5.32 Å². The number of rotatable bonds is 5. The molecule has 0 spiro atoms. The van der Waals surface area contributed by atoms with Gasteiger partial charge in [0.2, 0.25) is 0 Å². The Morgan fingerprint density at radius 1 is 1.24 bits per heavy atom. The minimum absolute atomic E-state index is 0.258. The third-order valence-corrected chi connectivity index (χ3v) is 4.32. The van der Waals surface area contributed by atoms with Crippen LogP contribution in [-0.2, 0) is 11.2 Å². The van der Waals surface area contributed by atoms with E-state index in [1.807, 2.05) is 0 Å². The maximum atomic E-state index is 13.0. The fraction of sp³-hybridized carbons (Fsp3) is 0.588. The van der Waals surface area contributed by atoms with Gasteiger partial charge in [-0.3, -0.25) is 10.1 Å². The van der Waals surface area contributed by atoms with E-state index < -0.39 is 11.5 Å². The van der Waals surface area contributed by atoms with Crippen molar-refractivity contribution in [3.8, 4) is 0 Å². The number of aliphatic carboxylic acids is 1. The summed E-state index contributed by atoms with van der Waals surface area (Å²) < 4.78 is 13.0. The highest BCUT2D eigenvalue weighted by atomic mass is 19.1. The molecule has 2 rings (SSSR count). The van der Waals surface area contributed by atoms with Gasteiger partial charge in [0.1, 0.15) is 11.4 Å². The van der Waals surface area contributed by atoms with E-state index in [2.05, 4.69) is 5.32 Å². The number of hydrogen-bond acceptors (Lipinski definition) is 2. The van der Waals surface area contributed by atoms with E-state index >= 15 is 0 Å². The van der Waals surface area contributed by atoms with E-state index in [-0.39, 0.29) is 11.9 Å². The van der Waals surface area contributed by atoms with Crippen LogP contribution in [0.1, 0.15) is 51.0 Å². The zero-order chi connectivity index (χ0) is 15.3. The van der Waals surface area contributed by atoms with Gasteiger partial charge in [0.25, 0.3) is 0 Å². The Labute approximate surface area is 125 Å². The second-order valence-corrected chi connectivity index (χ2v) is 6.27. The van der Waals surface area contributed by atoms with E-state index in [1.54, 1.807) is 19.1 Å². The van der Waals surface area contributed by atoms with Gasteiger partial charge in [-0.1, -0.05) is 37.8 Å². The standard InChI is InChI=1S/C17H24FNO2/c1-17(16(20)21,12-13-8-10-14(18)11-9-13)19-15-6-4-2-3-5-7-15/h8-11,15,19H,2-7,12H2,1H3,(H,20,21). The highest BCUT2D eigenvalue weighted by molar-refractivity contribution is 5.78. The molecule has 2 N–H and O–H groups in total. The van der Waals surface area contributed by atoms with Gasteiger partial charge in [-0.25, -0.2) is 4.39 Å². The molecule has 1 aliphatic rings. The van der Waals surface area contributed by atoms with Crippen LogP contribution in [0.2, 0.25) is 0 Å². The van der Waals surface area contributed by atoms with Crippen molar-refractivity contribution >= 4 is 5.97 Å². The minimum Gasteiger partial charge on any atom is -0.480 e. The summed E-state index contributed by atoms with van der Waals surface area (Å²) in [7, 11) is 0. The molecule has 0 aliphatic heterocycles. The van der Waals surface area contributed by atoms with Crippen LogP contribution in [0.5, 0.6) is 0 Å². The predicted octanol–water partition coefficient (Wildman–Crippen LogP) is 3.52. The second kappa shape index (κ2) is 7.03. The van der Waals surface area contributed by atoms with Gasteiger partial charge in [0, 0.05) is 12.5 Å². The summed E-state index contributed by atoms with van der Waals surface area (Å²) in [6.07, 6.45) is 7.21. The van der Waals surface area contributed by atoms with Crippen LogP contribution in [-0.4, -0.2) is 22.7 Å². The lowest BCUT2D eigenvalue weighted by Crippen LogP contribution is -2.55. The fourth-order valence-corrected chi connectivity index (χ4v) is 3.07. The molecule has 3 nitrogen and oxygen atoms in total. The molecule has 1 saturated carbocycles. The molecule has 1 aliphatic carbocycles. The van der Waals surface area contributed by atoms with Gasteiger partial charge >= 0.3 is 5.97 Å². The third-order valence-electron chi connectivity index (χ3n) is 4.32. The first-order chi connectivity index (χ1) is 9.99. The lowest BCUT2D eigenvalue weighted by atomic mass is 9.90. The van der Waals surface area contributed by atoms with Crippen LogP contribution >= 0.6 is 0 Å². The Balaban J connectivity index is 2.07. The van der Waals surface area contributed by atoms with Crippen molar-refractivity contribution in [2.45, 2.75) is 63.5 Å². The Bertz CT molecular complexity index is 466. The average Bonchev–Trinajstić information content (AvgIpc) is 2.70. The van der Waals surface area contributed by atoms with Crippen LogP contribution in [0.25, 0.3) is 0 Å². The molecule has 116 valence electrons. The van der Waals surface area contributed by atoms with Crippen LogP contribution in [0.3, 0.4) is 0 Å². The van der Waals surface area contributed by atoms with Crippen molar-refractivity contribution in [2.24, 2.45) is 0 Å². The van der Waals surface area contributed by atoms with Gasteiger partial charge in [-0.05, 0) is 37.5 Å². The molecule has 1 atom stereocenters. The summed E-state index contributed by atoms with van der Waals surface area (Å²) in [5.74, 6) is -1.15. The maximum absolute atomic E-state index is 13.0. The minimum atomic E-state index is -1.01. The number of nitrogens with one attached hydrogen (secondary N) is 1. The summed E-state index contributed by atoms with van der Waals surface area (Å²) in [5.41, 5.74) is -0.172. The Kier molecular flexibility index (Phi) is 5.34. The first-order valence-electron chi connectivity index (χ1n) is 7.75. The highest BCUT2D eigenvalue weighted by Crippen LogP contribution is 2.22. The topological polar surface area (TPSA) is 49.3 Å². The SMILES string of the molecule is CC(Cc1ccc(F)cc1)(NC1CCCCCC1)C(=O)O. The zero-order valence-corrected chi connectivity index (χ0v) is 12.6. The maximum Gasteiger partial charge on any atom is 0.323 e. The largest absolute Gasteiger partial charge is 0.480 e. The molecule has 4 heteroatoms. The first kappa shape index (κ1) is 16.0. The van der Waals surface area contributed by atoms with Crippen molar-refractivity contribution in [2.75, 3.05) is 0 Å². The number of hydrogen-bond donors (Lipinski definition) is 2. The van der Waals surface area contributed by atoms with Crippen molar-refractivity contribution in [3.05, 3.63) is 35.6 Å². The molecule has 21 heavy (non-hydrogen) atoms. The van der Waals surface area contributed by atoms with Crippen LogP contribution in [0.4, 0.5) is 4.39 Å². The van der Waals surface area contributed by atoms with Crippen LogP contribution in [0.15, 0.2) is 24.3 Å². The monoisotopic (exact) mass is 293 g/mol. The number of halogens is 1. The number of carbonyl (C=O) groups is 1. The van der Waals surface area contributed by atoms with Crippen LogP contribution < -0.4 is 5.32 Å². The Morgan fingerprint density at radius 2 is 1.81 bits per heavy atom. The average molecular weight is 293 g/mol. The predicted molar refractivity (Wildman–Crippen MR) is 80.8 cm³/mol. The molecule has 0 aromatic heterocycles. The molecule has 0 bridgehead atoms.